The number of ether oxygens (including phenoxy) is 5. The van der Waals surface area contributed by atoms with Crippen LogP contribution in [-0.2, 0) is 20.9 Å². The molecule has 0 bridgehead atoms. The molecule has 0 atom stereocenters. The number of nitrogens with two attached hydrogens (primary N) is 1. The van der Waals surface area contributed by atoms with Crippen molar-refractivity contribution in [3.8, 4) is 23.0 Å². The number of carbonyl (C=O) groups excluding carboxylic acids is 1. The van der Waals surface area contributed by atoms with Gasteiger partial charge < -0.3 is 29.4 Å². The highest BCUT2D eigenvalue weighted by molar-refractivity contribution is 5.79. The third kappa shape index (κ3) is 8.58. The number of esters is 1. The summed E-state index contributed by atoms with van der Waals surface area (Å²) in [5.41, 5.74) is 6.54. The second-order valence-electron chi connectivity index (χ2n) is 8.47. The molecule has 7 nitrogen and oxygen atoms in total. The minimum Gasteiger partial charge on any atom is -0.495 e. The maximum atomic E-state index is 12.0. The van der Waals surface area contributed by atoms with E-state index in [1.807, 2.05) is 54.6 Å². The van der Waals surface area contributed by atoms with E-state index < -0.39 is 11.6 Å². The summed E-state index contributed by atoms with van der Waals surface area (Å²) in [6, 6.07) is 24.4. The number of hydrogen-bond acceptors (Lipinski definition) is 7. The summed E-state index contributed by atoms with van der Waals surface area (Å²) in [6.07, 6.45) is 2.06. The van der Waals surface area contributed by atoms with E-state index in [1.54, 1.807) is 51.3 Å². The van der Waals surface area contributed by atoms with Crippen LogP contribution in [0, 0.1) is 0 Å². The van der Waals surface area contributed by atoms with Gasteiger partial charge in [-0.2, -0.15) is 0 Å². The van der Waals surface area contributed by atoms with Crippen LogP contribution in [0.4, 0.5) is 0 Å². The van der Waals surface area contributed by atoms with Crippen LogP contribution in [0.2, 0.25) is 0 Å². The zero-order chi connectivity index (χ0) is 25.8. The second kappa shape index (κ2) is 13.1. The molecule has 0 fully saturated rings. The number of para-hydroxylation sites is 1. The summed E-state index contributed by atoms with van der Waals surface area (Å²) in [4.78, 5) is 12.0. The molecule has 0 unspecified atom stereocenters. The smallest absolute Gasteiger partial charge is 0.349 e. The van der Waals surface area contributed by atoms with E-state index >= 15 is 0 Å². The SMILES string of the molecule is CCOC(=O)C(C)(C)Oc1ccc(OCC/C(N)=C/OCc2ccc(Oc3ccccc3)cc2)cc1. The van der Waals surface area contributed by atoms with Gasteiger partial charge in [0.1, 0.15) is 35.9 Å². The van der Waals surface area contributed by atoms with Crippen molar-refractivity contribution in [3.05, 3.63) is 96.4 Å². The van der Waals surface area contributed by atoms with Gasteiger partial charge in [0.15, 0.2) is 5.60 Å². The van der Waals surface area contributed by atoms with E-state index in [2.05, 4.69) is 0 Å². The van der Waals surface area contributed by atoms with Gasteiger partial charge in [0.25, 0.3) is 0 Å². The van der Waals surface area contributed by atoms with E-state index in [1.165, 1.54) is 0 Å². The lowest BCUT2D eigenvalue weighted by Crippen LogP contribution is -2.39. The van der Waals surface area contributed by atoms with E-state index in [-0.39, 0.29) is 0 Å². The summed E-state index contributed by atoms with van der Waals surface area (Å²) in [5, 5.41) is 0. The van der Waals surface area contributed by atoms with Crippen LogP contribution in [0.15, 0.2) is 90.8 Å². The summed E-state index contributed by atoms with van der Waals surface area (Å²) in [6.45, 7) is 6.20. The molecule has 0 saturated carbocycles. The standard InChI is InChI=1S/C29H33NO6/c1-4-33-28(31)29(2,3)36-27-16-14-24(15-17-27)34-19-18-23(30)21-32-20-22-10-12-26(13-11-22)35-25-8-6-5-7-9-25/h5-17,21H,4,18-20,30H2,1-3H3/b23-21-. The Morgan fingerprint density at radius 2 is 1.47 bits per heavy atom. The molecule has 3 rings (SSSR count). The zero-order valence-corrected chi connectivity index (χ0v) is 20.9. The molecular formula is C29H33NO6. The third-order valence-electron chi connectivity index (χ3n) is 5.01. The van der Waals surface area contributed by atoms with Crippen LogP contribution in [0.25, 0.3) is 0 Å². The quantitative estimate of drug-likeness (QED) is 0.232. The van der Waals surface area contributed by atoms with Crippen molar-refractivity contribution in [1.82, 2.24) is 0 Å². The number of benzene rings is 3. The molecule has 3 aromatic rings. The minimum atomic E-state index is -1.07. The molecule has 36 heavy (non-hydrogen) atoms. The van der Waals surface area contributed by atoms with Gasteiger partial charge >= 0.3 is 5.97 Å². The van der Waals surface area contributed by atoms with Gasteiger partial charge in [-0.15, -0.1) is 0 Å². The fraction of sp³-hybridized carbons (Fsp3) is 0.276. The monoisotopic (exact) mass is 491 g/mol. The number of carbonyl (C=O) groups is 1. The van der Waals surface area contributed by atoms with Gasteiger partial charge in [0.05, 0.1) is 13.2 Å². The highest BCUT2D eigenvalue weighted by atomic mass is 16.6. The van der Waals surface area contributed by atoms with Crippen LogP contribution in [0.3, 0.4) is 0 Å². The van der Waals surface area contributed by atoms with E-state index in [4.69, 9.17) is 29.4 Å². The second-order valence-corrected chi connectivity index (χ2v) is 8.47. The summed E-state index contributed by atoms with van der Waals surface area (Å²) in [7, 11) is 0. The Bertz CT molecular complexity index is 1110. The molecule has 0 aliphatic carbocycles. The third-order valence-corrected chi connectivity index (χ3v) is 5.01. The van der Waals surface area contributed by atoms with Crippen LogP contribution in [-0.4, -0.2) is 24.8 Å². The minimum absolute atomic E-state index is 0.304. The first kappa shape index (κ1) is 26.5. The van der Waals surface area contributed by atoms with Gasteiger partial charge in [-0.3, -0.25) is 0 Å². The Balaban J connectivity index is 1.37. The Morgan fingerprint density at radius 3 is 2.14 bits per heavy atom. The highest BCUT2D eigenvalue weighted by Gasteiger charge is 2.31. The van der Waals surface area contributed by atoms with Crippen LogP contribution >= 0.6 is 0 Å². The first-order chi connectivity index (χ1) is 17.4. The van der Waals surface area contributed by atoms with Gasteiger partial charge in [-0.1, -0.05) is 30.3 Å². The first-order valence-corrected chi connectivity index (χ1v) is 11.8. The fourth-order valence-corrected chi connectivity index (χ4v) is 3.11. The molecule has 0 aliphatic heterocycles. The Morgan fingerprint density at radius 1 is 0.861 bits per heavy atom. The first-order valence-electron chi connectivity index (χ1n) is 11.8. The lowest BCUT2D eigenvalue weighted by atomic mass is 10.1. The molecule has 190 valence electrons. The van der Waals surface area contributed by atoms with Crippen LogP contribution < -0.4 is 19.9 Å². The molecule has 0 saturated heterocycles. The lowest BCUT2D eigenvalue weighted by molar-refractivity contribution is -0.158. The van der Waals surface area contributed by atoms with Gasteiger partial charge in [-0.25, -0.2) is 4.79 Å². The van der Waals surface area contributed by atoms with Gasteiger partial charge in [-0.05, 0) is 74.9 Å². The molecule has 0 radical (unpaired) electrons. The average Bonchev–Trinajstić information content (AvgIpc) is 2.87. The van der Waals surface area contributed by atoms with Crippen molar-refractivity contribution in [3.63, 3.8) is 0 Å². The van der Waals surface area contributed by atoms with Gasteiger partial charge in [0, 0.05) is 12.1 Å². The molecule has 0 aliphatic rings. The van der Waals surface area contributed by atoms with Crippen LogP contribution in [0.5, 0.6) is 23.0 Å². The molecule has 7 heteroatoms. The molecule has 0 heterocycles. The van der Waals surface area contributed by atoms with Crippen molar-refractivity contribution in [1.29, 1.82) is 0 Å². The largest absolute Gasteiger partial charge is 0.495 e. The summed E-state index contributed by atoms with van der Waals surface area (Å²) < 4.78 is 27.9. The maximum absolute atomic E-state index is 12.0. The van der Waals surface area contributed by atoms with E-state index in [9.17, 15) is 4.79 Å². The van der Waals surface area contributed by atoms with Crippen molar-refractivity contribution < 1.29 is 28.5 Å². The zero-order valence-electron chi connectivity index (χ0n) is 20.9. The summed E-state index contributed by atoms with van der Waals surface area (Å²) >= 11 is 0. The molecule has 0 amide bonds. The normalized spacial score (nSPS) is 11.5. The Labute approximate surface area is 212 Å². The van der Waals surface area contributed by atoms with Crippen molar-refractivity contribution >= 4 is 5.97 Å². The number of rotatable bonds is 13. The van der Waals surface area contributed by atoms with Crippen LogP contribution in [0.1, 0.15) is 32.8 Å². The van der Waals surface area contributed by atoms with E-state index in [0.29, 0.717) is 43.4 Å². The number of hydrogen-bond donors (Lipinski definition) is 1. The van der Waals surface area contributed by atoms with Crippen molar-refractivity contribution in [2.24, 2.45) is 5.73 Å². The van der Waals surface area contributed by atoms with Gasteiger partial charge in [0.2, 0.25) is 0 Å². The van der Waals surface area contributed by atoms with Crippen molar-refractivity contribution in [2.45, 2.75) is 39.4 Å². The Hall–Kier alpha value is -4.13. The molecule has 0 aromatic heterocycles. The lowest BCUT2D eigenvalue weighted by Gasteiger charge is -2.24. The molecule has 2 N–H and O–H groups in total. The maximum Gasteiger partial charge on any atom is 0.349 e. The predicted molar refractivity (Wildman–Crippen MR) is 138 cm³/mol. The molecular weight excluding hydrogens is 458 g/mol. The van der Waals surface area contributed by atoms with Crippen molar-refractivity contribution in [2.75, 3.05) is 13.2 Å². The Kier molecular flexibility index (Phi) is 9.63. The predicted octanol–water partition coefficient (Wildman–Crippen LogP) is 5.99. The fourth-order valence-electron chi connectivity index (χ4n) is 3.11. The molecule has 0 spiro atoms. The van der Waals surface area contributed by atoms with E-state index in [0.717, 1.165) is 17.1 Å². The highest BCUT2D eigenvalue weighted by Crippen LogP contribution is 2.23. The topological polar surface area (TPSA) is 89.2 Å². The average molecular weight is 492 g/mol. The summed E-state index contributed by atoms with van der Waals surface area (Å²) in [5.74, 6) is 2.36. The molecule has 3 aromatic carbocycles.